The molecule has 5 nitrogen and oxygen atoms in total. The third kappa shape index (κ3) is 2.38. The number of nitrogens with one attached hydrogen (secondary N) is 1. The zero-order valence-corrected chi connectivity index (χ0v) is 9.68. The normalized spacial score (nSPS) is 9.94. The monoisotopic (exact) mass is 240 g/mol. The minimum Gasteiger partial charge on any atom is -0.368 e. The summed E-state index contributed by atoms with van der Waals surface area (Å²) in [5.41, 5.74) is 6.50. The molecule has 0 fully saturated rings. The Kier molecular flexibility index (Phi) is 3.39. The summed E-state index contributed by atoms with van der Waals surface area (Å²) in [4.78, 5) is 20.0. The highest BCUT2D eigenvalue weighted by molar-refractivity contribution is 6.04. The van der Waals surface area contributed by atoms with E-state index in [-0.39, 0.29) is 17.5 Å². The van der Waals surface area contributed by atoms with Gasteiger partial charge in [-0.2, -0.15) is 0 Å². The molecule has 0 aliphatic rings. The average molecular weight is 240 g/mol. The second-order valence-corrected chi connectivity index (χ2v) is 3.66. The maximum Gasteiger partial charge on any atom is 0.270 e. The van der Waals surface area contributed by atoms with Crippen LogP contribution in [-0.2, 0) is 0 Å². The summed E-state index contributed by atoms with van der Waals surface area (Å²) in [6.45, 7) is 0.410. The van der Waals surface area contributed by atoms with E-state index < -0.39 is 0 Å². The molecule has 0 bridgehead atoms. The van der Waals surface area contributed by atoms with Crippen molar-refractivity contribution >= 4 is 22.8 Å². The molecule has 0 aliphatic carbocycles. The number of para-hydroxylation sites is 1. The highest BCUT2D eigenvalue weighted by Crippen LogP contribution is 2.16. The number of carbonyl (C=O) groups is 1. The van der Waals surface area contributed by atoms with E-state index in [9.17, 15) is 4.79 Å². The third-order valence-electron chi connectivity index (χ3n) is 2.39. The first kappa shape index (κ1) is 11.9. The Morgan fingerprint density at radius 2 is 2.17 bits per heavy atom. The molecule has 90 valence electrons. The van der Waals surface area contributed by atoms with Crippen LogP contribution in [0.4, 0.5) is 5.95 Å². The molecule has 0 saturated heterocycles. The largest absolute Gasteiger partial charge is 0.368 e. The van der Waals surface area contributed by atoms with Crippen molar-refractivity contribution in [2.24, 2.45) is 0 Å². The molecule has 18 heavy (non-hydrogen) atoms. The number of fused-ring (bicyclic) bond motifs is 1. The average Bonchev–Trinajstić information content (AvgIpc) is 2.38. The number of carbonyl (C=O) groups excluding carboxylic acids is 1. The SMILES string of the molecule is C#CCCNC(=O)c1nc(N)nc2ccccc12. The van der Waals surface area contributed by atoms with Gasteiger partial charge >= 0.3 is 0 Å². The van der Waals surface area contributed by atoms with Crippen molar-refractivity contribution in [1.82, 2.24) is 15.3 Å². The number of hydrogen-bond acceptors (Lipinski definition) is 4. The van der Waals surface area contributed by atoms with E-state index in [4.69, 9.17) is 12.2 Å². The lowest BCUT2D eigenvalue weighted by Gasteiger charge is -2.06. The summed E-state index contributed by atoms with van der Waals surface area (Å²) in [6.07, 6.45) is 5.60. The maximum absolute atomic E-state index is 12.0. The number of hydrogen-bond donors (Lipinski definition) is 2. The lowest BCUT2D eigenvalue weighted by molar-refractivity contribution is 0.0951. The quantitative estimate of drug-likeness (QED) is 0.618. The Balaban J connectivity index is 2.38. The molecule has 0 atom stereocenters. The Morgan fingerprint density at radius 3 is 2.94 bits per heavy atom. The molecule has 0 saturated carbocycles. The minimum absolute atomic E-state index is 0.0794. The molecule has 2 rings (SSSR count). The van der Waals surface area contributed by atoms with Gasteiger partial charge in [0.1, 0.15) is 5.69 Å². The van der Waals surface area contributed by atoms with Gasteiger partial charge in [0.25, 0.3) is 5.91 Å². The van der Waals surface area contributed by atoms with Gasteiger partial charge in [0, 0.05) is 18.4 Å². The highest BCUT2D eigenvalue weighted by atomic mass is 16.1. The van der Waals surface area contributed by atoms with Gasteiger partial charge in [0.2, 0.25) is 5.95 Å². The fourth-order valence-corrected chi connectivity index (χ4v) is 1.60. The number of rotatable bonds is 3. The topological polar surface area (TPSA) is 80.9 Å². The molecule has 0 aliphatic heterocycles. The molecule has 3 N–H and O–H groups in total. The number of terminal acetylenes is 1. The molecule has 0 spiro atoms. The number of benzene rings is 1. The summed E-state index contributed by atoms with van der Waals surface area (Å²) in [5, 5.41) is 3.36. The number of amides is 1. The van der Waals surface area contributed by atoms with E-state index in [2.05, 4.69) is 21.2 Å². The lowest BCUT2D eigenvalue weighted by Crippen LogP contribution is -2.26. The van der Waals surface area contributed by atoms with Crippen molar-refractivity contribution in [1.29, 1.82) is 0 Å². The number of nitrogens with two attached hydrogens (primary N) is 1. The van der Waals surface area contributed by atoms with Gasteiger partial charge in [-0.1, -0.05) is 18.2 Å². The fourth-order valence-electron chi connectivity index (χ4n) is 1.60. The molecule has 1 heterocycles. The van der Waals surface area contributed by atoms with E-state index in [0.29, 0.717) is 23.9 Å². The van der Waals surface area contributed by atoms with Crippen LogP contribution in [0.3, 0.4) is 0 Å². The van der Waals surface area contributed by atoms with E-state index in [1.165, 1.54) is 0 Å². The van der Waals surface area contributed by atoms with Gasteiger partial charge in [0.05, 0.1) is 5.52 Å². The van der Waals surface area contributed by atoms with Crippen molar-refractivity contribution in [3.8, 4) is 12.3 Å². The number of aromatic nitrogens is 2. The summed E-state index contributed by atoms with van der Waals surface area (Å²) in [7, 11) is 0. The van der Waals surface area contributed by atoms with Gasteiger partial charge < -0.3 is 11.1 Å². The summed E-state index contributed by atoms with van der Waals surface area (Å²) in [6, 6.07) is 7.21. The van der Waals surface area contributed by atoms with E-state index >= 15 is 0 Å². The van der Waals surface area contributed by atoms with Crippen LogP contribution < -0.4 is 11.1 Å². The Morgan fingerprint density at radius 1 is 1.39 bits per heavy atom. The van der Waals surface area contributed by atoms with E-state index in [0.717, 1.165) is 0 Å². The molecule has 1 aromatic heterocycles. The van der Waals surface area contributed by atoms with Gasteiger partial charge in [0.15, 0.2) is 0 Å². The Bertz CT molecular complexity index is 630. The van der Waals surface area contributed by atoms with Gasteiger partial charge in [-0.25, -0.2) is 9.97 Å². The van der Waals surface area contributed by atoms with Crippen LogP contribution in [0.2, 0.25) is 0 Å². The van der Waals surface area contributed by atoms with Crippen molar-refractivity contribution in [2.45, 2.75) is 6.42 Å². The summed E-state index contributed by atoms with van der Waals surface area (Å²) >= 11 is 0. The summed E-state index contributed by atoms with van der Waals surface area (Å²) in [5.74, 6) is 2.23. The van der Waals surface area contributed by atoms with Crippen LogP contribution in [0.1, 0.15) is 16.9 Å². The smallest absolute Gasteiger partial charge is 0.270 e. The zero-order valence-electron chi connectivity index (χ0n) is 9.68. The zero-order chi connectivity index (χ0) is 13.0. The predicted molar refractivity (Wildman–Crippen MR) is 69.7 cm³/mol. The van der Waals surface area contributed by atoms with Crippen molar-refractivity contribution < 1.29 is 4.79 Å². The number of nitrogens with zero attached hydrogens (tertiary/aromatic N) is 2. The van der Waals surface area contributed by atoms with Crippen LogP contribution in [-0.4, -0.2) is 22.4 Å². The van der Waals surface area contributed by atoms with Crippen LogP contribution in [0, 0.1) is 12.3 Å². The van der Waals surface area contributed by atoms with Gasteiger partial charge in [-0.05, 0) is 6.07 Å². The molecule has 5 heteroatoms. The molecule has 1 amide bonds. The first-order chi connectivity index (χ1) is 8.72. The van der Waals surface area contributed by atoms with Crippen LogP contribution in [0.15, 0.2) is 24.3 Å². The van der Waals surface area contributed by atoms with Crippen molar-refractivity contribution in [3.05, 3.63) is 30.0 Å². The maximum atomic E-state index is 12.0. The fraction of sp³-hybridized carbons (Fsp3) is 0.154. The molecule has 2 aromatic rings. The first-order valence-electron chi connectivity index (χ1n) is 5.46. The second-order valence-electron chi connectivity index (χ2n) is 3.66. The molecule has 0 unspecified atom stereocenters. The first-order valence-corrected chi connectivity index (χ1v) is 5.46. The standard InChI is InChI=1S/C13H12N4O/c1-2-3-8-15-12(18)11-9-6-4-5-7-10(9)16-13(14)17-11/h1,4-7H,3,8H2,(H,15,18)(H2,14,16,17). The molecular weight excluding hydrogens is 228 g/mol. The molecule has 0 radical (unpaired) electrons. The lowest BCUT2D eigenvalue weighted by atomic mass is 10.2. The van der Waals surface area contributed by atoms with Crippen molar-refractivity contribution in [2.75, 3.05) is 12.3 Å². The van der Waals surface area contributed by atoms with E-state index in [1.807, 2.05) is 12.1 Å². The van der Waals surface area contributed by atoms with Gasteiger partial charge in [-0.15, -0.1) is 12.3 Å². The molecule has 1 aromatic carbocycles. The van der Waals surface area contributed by atoms with Crippen LogP contribution in [0.25, 0.3) is 10.9 Å². The highest BCUT2D eigenvalue weighted by Gasteiger charge is 2.12. The number of anilines is 1. The predicted octanol–water partition coefficient (Wildman–Crippen LogP) is 0.965. The second kappa shape index (κ2) is 5.15. The Hall–Kier alpha value is -2.61. The minimum atomic E-state index is -0.296. The number of nitrogen functional groups attached to an aromatic ring is 1. The van der Waals surface area contributed by atoms with E-state index in [1.54, 1.807) is 12.1 Å². The van der Waals surface area contributed by atoms with Crippen molar-refractivity contribution in [3.63, 3.8) is 0 Å². The third-order valence-corrected chi connectivity index (χ3v) is 2.39. The molecular formula is C13H12N4O. The van der Waals surface area contributed by atoms with Crippen LogP contribution in [0.5, 0.6) is 0 Å². The Labute approximate surface area is 104 Å². The summed E-state index contributed by atoms with van der Waals surface area (Å²) < 4.78 is 0. The van der Waals surface area contributed by atoms with Gasteiger partial charge in [-0.3, -0.25) is 4.79 Å². The van der Waals surface area contributed by atoms with Crippen LogP contribution >= 0.6 is 0 Å².